The van der Waals surface area contributed by atoms with E-state index in [1.54, 1.807) is 6.92 Å². The lowest BCUT2D eigenvalue weighted by atomic mass is 10.1. The molecule has 0 radical (unpaired) electrons. The Morgan fingerprint density at radius 3 is 2.56 bits per heavy atom. The van der Waals surface area contributed by atoms with Gasteiger partial charge in [0.1, 0.15) is 6.04 Å². The van der Waals surface area contributed by atoms with Gasteiger partial charge in [-0.05, 0) is 19.1 Å². The maximum Gasteiger partial charge on any atom is 0.252 e. The van der Waals surface area contributed by atoms with Crippen molar-refractivity contribution in [3.05, 3.63) is 22.7 Å². The van der Waals surface area contributed by atoms with E-state index in [1.165, 1.54) is 17.0 Å². The number of fused-ring (bicyclic) bond motifs is 1. The van der Waals surface area contributed by atoms with Crippen LogP contribution in [0.3, 0.4) is 0 Å². The highest BCUT2D eigenvalue weighted by Crippen LogP contribution is 2.37. The Kier molecular flexibility index (Phi) is 5.81. The van der Waals surface area contributed by atoms with Gasteiger partial charge in [0.2, 0.25) is 5.91 Å². The standard InChI is InChI=1S/C17H21ClN2O6S/c1-11(17(22)20-3-7-27(23,24)8-4-20)19-16(21)12-9-13(18)15-14(10-12)25-5-2-6-26-15/h9-11H,2-8H2,1H3,(H,19,21). The van der Waals surface area contributed by atoms with Gasteiger partial charge in [-0.25, -0.2) is 8.42 Å². The van der Waals surface area contributed by atoms with Crippen LogP contribution in [0.5, 0.6) is 11.5 Å². The summed E-state index contributed by atoms with van der Waals surface area (Å²) in [5.74, 6) is -0.111. The number of amides is 2. The highest BCUT2D eigenvalue weighted by molar-refractivity contribution is 7.91. The fourth-order valence-electron chi connectivity index (χ4n) is 2.91. The van der Waals surface area contributed by atoms with Crippen LogP contribution in [-0.4, -0.2) is 69.0 Å². The molecule has 0 spiro atoms. The van der Waals surface area contributed by atoms with Crippen LogP contribution < -0.4 is 14.8 Å². The van der Waals surface area contributed by atoms with Crippen molar-refractivity contribution in [2.24, 2.45) is 0 Å². The van der Waals surface area contributed by atoms with Gasteiger partial charge in [-0.1, -0.05) is 11.6 Å². The zero-order chi connectivity index (χ0) is 19.6. The number of carbonyl (C=O) groups is 2. The minimum Gasteiger partial charge on any atom is -0.489 e. The molecule has 0 aromatic heterocycles. The summed E-state index contributed by atoms with van der Waals surface area (Å²) in [4.78, 5) is 26.5. The molecule has 2 heterocycles. The molecule has 1 aromatic carbocycles. The van der Waals surface area contributed by atoms with Gasteiger partial charge in [-0.2, -0.15) is 0 Å². The number of halogens is 1. The molecule has 10 heteroatoms. The molecule has 1 atom stereocenters. The number of nitrogens with zero attached hydrogens (tertiary/aromatic N) is 1. The Balaban J connectivity index is 1.67. The van der Waals surface area contributed by atoms with E-state index in [-0.39, 0.29) is 41.1 Å². The van der Waals surface area contributed by atoms with Gasteiger partial charge in [-0.15, -0.1) is 0 Å². The van der Waals surface area contributed by atoms with Crippen molar-refractivity contribution >= 4 is 33.3 Å². The second-order valence-electron chi connectivity index (χ2n) is 6.51. The maximum atomic E-state index is 12.5. The molecule has 148 valence electrons. The molecule has 0 bridgehead atoms. The quantitative estimate of drug-likeness (QED) is 0.784. The van der Waals surface area contributed by atoms with Crippen molar-refractivity contribution in [1.82, 2.24) is 10.2 Å². The predicted molar refractivity (Wildman–Crippen MR) is 99.2 cm³/mol. The molecule has 1 aromatic rings. The Bertz CT molecular complexity index is 843. The van der Waals surface area contributed by atoms with Crippen LogP contribution in [0.25, 0.3) is 0 Å². The normalized spacial score (nSPS) is 19.7. The van der Waals surface area contributed by atoms with Crippen molar-refractivity contribution in [3.8, 4) is 11.5 Å². The van der Waals surface area contributed by atoms with Crippen LogP contribution in [0.2, 0.25) is 5.02 Å². The fourth-order valence-corrected chi connectivity index (χ4v) is 4.38. The van der Waals surface area contributed by atoms with E-state index in [0.29, 0.717) is 31.1 Å². The zero-order valence-corrected chi connectivity index (χ0v) is 16.4. The number of hydrogen-bond donors (Lipinski definition) is 1. The van der Waals surface area contributed by atoms with Gasteiger partial charge >= 0.3 is 0 Å². The summed E-state index contributed by atoms with van der Waals surface area (Å²) >= 11 is 6.19. The minimum absolute atomic E-state index is 0.0584. The number of carbonyl (C=O) groups excluding carboxylic acids is 2. The molecule has 1 N–H and O–H groups in total. The van der Waals surface area contributed by atoms with Crippen LogP contribution in [-0.2, 0) is 14.6 Å². The van der Waals surface area contributed by atoms with E-state index in [0.717, 1.165) is 0 Å². The van der Waals surface area contributed by atoms with Crippen molar-refractivity contribution in [2.45, 2.75) is 19.4 Å². The highest BCUT2D eigenvalue weighted by atomic mass is 35.5. The van der Waals surface area contributed by atoms with Crippen molar-refractivity contribution in [1.29, 1.82) is 0 Å². The largest absolute Gasteiger partial charge is 0.489 e. The molecular formula is C17H21ClN2O6S. The third-order valence-electron chi connectivity index (χ3n) is 4.44. The molecule has 27 heavy (non-hydrogen) atoms. The first-order chi connectivity index (χ1) is 12.8. The summed E-state index contributed by atoms with van der Waals surface area (Å²) in [6, 6.07) is 2.20. The number of nitrogens with one attached hydrogen (secondary N) is 1. The lowest BCUT2D eigenvalue weighted by Gasteiger charge is -2.29. The topological polar surface area (TPSA) is 102 Å². The number of hydrogen-bond acceptors (Lipinski definition) is 6. The van der Waals surface area contributed by atoms with Crippen LogP contribution in [0.15, 0.2) is 12.1 Å². The molecule has 3 rings (SSSR count). The SMILES string of the molecule is CC(NC(=O)c1cc(Cl)c2c(c1)OCCCO2)C(=O)N1CCS(=O)(=O)CC1. The number of sulfone groups is 1. The van der Waals surface area contributed by atoms with Gasteiger partial charge in [0.15, 0.2) is 21.3 Å². The zero-order valence-electron chi connectivity index (χ0n) is 14.9. The van der Waals surface area contributed by atoms with Crippen LogP contribution >= 0.6 is 11.6 Å². The molecule has 0 aliphatic carbocycles. The third kappa shape index (κ3) is 4.65. The molecule has 2 aliphatic heterocycles. The van der Waals surface area contributed by atoms with Gasteiger partial charge in [0.05, 0.1) is 29.7 Å². The molecule has 1 fully saturated rings. The summed E-state index contributed by atoms with van der Waals surface area (Å²) in [6.07, 6.45) is 0.712. The summed E-state index contributed by atoms with van der Waals surface area (Å²) < 4.78 is 34.1. The molecule has 0 saturated carbocycles. The monoisotopic (exact) mass is 416 g/mol. The number of ether oxygens (including phenoxy) is 2. The molecule has 8 nitrogen and oxygen atoms in total. The van der Waals surface area contributed by atoms with E-state index < -0.39 is 21.8 Å². The molecule has 2 amide bonds. The van der Waals surface area contributed by atoms with Gasteiger partial charge in [0.25, 0.3) is 5.91 Å². The summed E-state index contributed by atoms with van der Waals surface area (Å²) in [5.41, 5.74) is 0.255. The molecule has 1 saturated heterocycles. The van der Waals surface area contributed by atoms with Gasteiger partial charge < -0.3 is 19.7 Å². The molecule has 1 unspecified atom stereocenters. The maximum absolute atomic E-state index is 12.5. The van der Waals surface area contributed by atoms with E-state index in [2.05, 4.69) is 5.32 Å². The highest BCUT2D eigenvalue weighted by Gasteiger charge is 2.29. The second-order valence-corrected chi connectivity index (χ2v) is 9.22. The molecule has 2 aliphatic rings. The summed E-state index contributed by atoms with van der Waals surface area (Å²) in [6.45, 7) is 2.78. The van der Waals surface area contributed by atoms with Gasteiger partial charge in [-0.3, -0.25) is 9.59 Å². The van der Waals surface area contributed by atoms with E-state index >= 15 is 0 Å². The average Bonchev–Trinajstić information content (AvgIpc) is 2.87. The Morgan fingerprint density at radius 1 is 1.19 bits per heavy atom. The first-order valence-corrected chi connectivity index (χ1v) is 10.9. The smallest absolute Gasteiger partial charge is 0.252 e. The number of rotatable bonds is 3. The van der Waals surface area contributed by atoms with Crippen molar-refractivity contribution < 1.29 is 27.5 Å². The lowest BCUT2D eigenvalue weighted by Crippen LogP contribution is -2.51. The lowest BCUT2D eigenvalue weighted by molar-refractivity contribution is -0.132. The first kappa shape index (κ1) is 19.8. The second kappa shape index (κ2) is 7.93. The Labute approximate surface area is 162 Å². The van der Waals surface area contributed by atoms with Crippen molar-refractivity contribution in [2.75, 3.05) is 37.8 Å². The minimum atomic E-state index is -3.08. The van der Waals surface area contributed by atoms with E-state index in [9.17, 15) is 18.0 Å². The average molecular weight is 417 g/mol. The van der Waals surface area contributed by atoms with E-state index in [1.807, 2.05) is 0 Å². The number of benzene rings is 1. The van der Waals surface area contributed by atoms with Crippen LogP contribution in [0.4, 0.5) is 0 Å². The van der Waals surface area contributed by atoms with E-state index in [4.69, 9.17) is 21.1 Å². The first-order valence-electron chi connectivity index (χ1n) is 8.66. The Hall–Kier alpha value is -2.00. The Morgan fingerprint density at radius 2 is 1.85 bits per heavy atom. The predicted octanol–water partition coefficient (Wildman–Crippen LogP) is 0.877. The van der Waals surface area contributed by atoms with Crippen molar-refractivity contribution in [3.63, 3.8) is 0 Å². The van der Waals surface area contributed by atoms with Crippen LogP contribution in [0, 0.1) is 0 Å². The summed E-state index contributed by atoms with van der Waals surface area (Å²) in [5, 5.41) is 2.89. The molecular weight excluding hydrogens is 396 g/mol. The van der Waals surface area contributed by atoms with Gasteiger partial charge in [0, 0.05) is 25.1 Å². The van der Waals surface area contributed by atoms with Crippen LogP contribution in [0.1, 0.15) is 23.7 Å². The summed E-state index contributed by atoms with van der Waals surface area (Å²) in [7, 11) is -3.08. The fraction of sp³-hybridized carbons (Fsp3) is 0.529. The third-order valence-corrected chi connectivity index (χ3v) is 6.33.